The van der Waals surface area contributed by atoms with Crippen molar-refractivity contribution in [3.05, 3.63) is 30.7 Å². The first-order valence-corrected chi connectivity index (χ1v) is 12.5. The molecule has 1 aliphatic rings. The molecule has 1 aliphatic heterocycles. The quantitative estimate of drug-likeness (QED) is 0.567. The van der Waals surface area contributed by atoms with E-state index >= 15 is 0 Å². The number of fused-ring (bicyclic) bond motifs is 1. The smallest absolute Gasteiger partial charge is 0.410 e. The van der Waals surface area contributed by atoms with Crippen LogP contribution >= 0.6 is 0 Å². The summed E-state index contributed by atoms with van der Waals surface area (Å²) in [5.41, 5.74) is 1.38. The van der Waals surface area contributed by atoms with Gasteiger partial charge >= 0.3 is 6.09 Å². The number of sulfone groups is 1. The number of carbonyl (C=O) groups excluding carboxylic acids is 1. The average molecular weight is 474 g/mol. The maximum absolute atomic E-state index is 12.3. The van der Waals surface area contributed by atoms with Crippen LogP contribution in [0.15, 0.2) is 35.9 Å². The highest BCUT2D eigenvalue weighted by molar-refractivity contribution is 7.90. The number of carbonyl (C=O) groups is 1. The zero-order valence-electron chi connectivity index (χ0n) is 19.0. The lowest BCUT2D eigenvalue weighted by Gasteiger charge is -2.33. The lowest BCUT2D eigenvalue weighted by atomic mass is 10.1. The van der Waals surface area contributed by atoms with Crippen molar-refractivity contribution in [2.24, 2.45) is 0 Å². The first-order valence-electron chi connectivity index (χ1n) is 10.6. The molecule has 3 aromatic rings. The van der Waals surface area contributed by atoms with E-state index in [2.05, 4.69) is 25.4 Å². The number of hydrogen-bond acceptors (Lipinski definition) is 9. The molecule has 0 saturated carbocycles. The van der Waals surface area contributed by atoms with Crippen molar-refractivity contribution in [3.63, 3.8) is 0 Å². The molecule has 0 atom stereocenters. The molecule has 1 amide bonds. The molecule has 1 fully saturated rings. The van der Waals surface area contributed by atoms with E-state index in [1.165, 1.54) is 12.4 Å². The summed E-state index contributed by atoms with van der Waals surface area (Å²) in [4.78, 5) is 26.2. The van der Waals surface area contributed by atoms with Gasteiger partial charge in [0, 0.05) is 43.3 Å². The molecule has 0 aliphatic carbocycles. The summed E-state index contributed by atoms with van der Waals surface area (Å²) in [5, 5.41) is 7.84. The standard InChI is InChI=1S/C21H27N7O4S/c1-21(2,3)32-20(29)27-9-7-15(8-10-27)25-17-5-6-18-22-13-16(28(18)26-17)14-11-23-19(24-12-14)33(4,30)31/h5-6,11-13,15H,7-10H2,1-4H3,(H,25,26). The highest BCUT2D eigenvalue weighted by Gasteiger charge is 2.27. The van der Waals surface area contributed by atoms with E-state index in [4.69, 9.17) is 4.74 Å². The van der Waals surface area contributed by atoms with E-state index in [0.717, 1.165) is 19.1 Å². The number of ether oxygens (including phenoxy) is 1. The van der Waals surface area contributed by atoms with Gasteiger partial charge in [-0.1, -0.05) is 0 Å². The molecule has 0 radical (unpaired) electrons. The SMILES string of the molecule is CC(C)(C)OC(=O)N1CCC(Nc2ccc3ncc(-c4cnc(S(C)(=O)=O)nc4)n3n2)CC1. The van der Waals surface area contributed by atoms with Gasteiger partial charge in [-0.2, -0.15) is 0 Å². The van der Waals surface area contributed by atoms with E-state index in [9.17, 15) is 13.2 Å². The summed E-state index contributed by atoms with van der Waals surface area (Å²) in [5.74, 6) is 0.672. The number of amides is 1. The minimum absolute atomic E-state index is 0.165. The average Bonchev–Trinajstić information content (AvgIpc) is 3.16. The summed E-state index contributed by atoms with van der Waals surface area (Å²) in [6.07, 6.45) is 6.86. The van der Waals surface area contributed by atoms with Crippen molar-refractivity contribution in [3.8, 4) is 11.3 Å². The van der Waals surface area contributed by atoms with Crippen LogP contribution in [0.1, 0.15) is 33.6 Å². The number of aromatic nitrogens is 5. The topological polar surface area (TPSA) is 132 Å². The van der Waals surface area contributed by atoms with Crippen LogP contribution in [0, 0.1) is 0 Å². The Balaban J connectivity index is 1.46. The van der Waals surface area contributed by atoms with Crippen LogP contribution < -0.4 is 5.32 Å². The molecule has 0 bridgehead atoms. The molecular formula is C21H27N7O4S. The van der Waals surface area contributed by atoms with Gasteiger partial charge in [-0.25, -0.2) is 32.7 Å². The number of likely N-dealkylation sites (tertiary alicyclic amines) is 1. The second-order valence-corrected chi connectivity index (χ2v) is 11.0. The van der Waals surface area contributed by atoms with Crippen molar-refractivity contribution in [1.29, 1.82) is 0 Å². The Labute approximate surface area is 192 Å². The zero-order valence-corrected chi connectivity index (χ0v) is 19.8. The summed E-state index contributed by atoms with van der Waals surface area (Å²) < 4.78 is 30.3. The van der Waals surface area contributed by atoms with Gasteiger partial charge < -0.3 is 15.0 Å². The van der Waals surface area contributed by atoms with E-state index in [-0.39, 0.29) is 17.3 Å². The Morgan fingerprint density at radius 1 is 1.09 bits per heavy atom. The van der Waals surface area contributed by atoms with Crippen molar-refractivity contribution < 1.29 is 17.9 Å². The third kappa shape index (κ3) is 5.38. The highest BCUT2D eigenvalue weighted by atomic mass is 32.2. The maximum atomic E-state index is 12.3. The van der Waals surface area contributed by atoms with Crippen LogP contribution in [0.5, 0.6) is 0 Å². The second kappa shape index (κ2) is 8.58. The molecule has 4 heterocycles. The number of hydrogen-bond donors (Lipinski definition) is 1. The van der Waals surface area contributed by atoms with Gasteiger partial charge in [-0.15, -0.1) is 5.10 Å². The predicted molar refractivity (Wildman–Crippen MR) is 122 cm³/mol. The van der Waals surface area contributed by atoms with Crippen molar-refractivity contribution >= 4 is 27.4 Å². The molecule has 11 nitrogen and oxygen atoms in total. The minimum atomic E-state index is -3.48. The van der Waals surface area contributed by atoms with E-state index in [0.29, 0.717) is 35.8 Å². The van der Waals surface area contributed by atoms with Gasteiger partial charge in [0.1, 0.15) is 11.4 Å². The Bertz CT molecular complexity index is 1260. The molecule has 176 valence electrons. The van der Waals surface area contributed by atoms with Crippen molar-refractivity contribution in [1.82, 2.24) is 29.5 Å². The molecular weight excluding hydrogens is 446 g/mol. The fourth-order valence-corrected chi connectivity index (χ4v) is 4.02. The first kappa shape index (κ1) is 22.9. The van der Waals surface area contributed by atoms with Gasteiger partial charge in [0.05, 0.1) is 11.9 Å². The highest BCUT2D eigenvalue weighted by Crippen LogP contribution is 2.22. The number of rotatable bonds is 4. The van der Waals surface area contributed by atoms with Crippen LogP contribution in [0.3, 0.4) is 0 Å². The molecule has 0 aromatic carbocycles. The summed E-state index contributed by atoms with van der Waals surface area (Å²) in [7, 11) is -3.48. The number of imidazole rings is 1. The first-order chi connectivity index (χ1) is 15.5. The second-order valence-electron chi connectivity index (χ2n) is 9.04. The molecule has 3 aromatic heterocycles. The number of anilines is 1. The summed E-state index contributed by atoms with van der Waals surface area (Å²) >= 11 is 0. The van der Waals surface area contributed by atoms with Crippen LogP contribution in [0.25, 0.3) is 16.9 Å². The monoisotopic (exact) mass is 473 g/mol. The Kier molecular flexibility index (Phi) is 5.95. The number of nitrogens with one attached hydrogen (secondary N) is 1. The summed E-state index contributed by atoms with van der Waals surface area (Å²) in [6.45, 7) is 6.79. The fraction of sp³-hybridized carbons (Fsp3) is 0.476. The molecule has 1 saturated heterocycles. The van der Waals surface area contributed by atoms with Gasteiger partial charge in [0.25, 0.3) is 0 Å². The summed E-state index contributed by atoms with van der Waals surface area (Å²) in [6, 6.07) is 3.87. The van der Waals surface area contributed by atoms with Crippen LogP contribution in [0.2, 0.25) is 0 Å². The molecule has 33 heavy (non-hydrogen) atoms. The Morgan fingerprint density at radius 2 is 1.76 bits per heavy atom. The van der Waals surface area contributed by atoms with Gasteiger partial charge in [0.2, 0.25) is 15.0 Å². The number of piperidine rings is 1. The lowest BCUT2D eigenvalue weighted by molar-refractivity contribution is 0.0210. The lowest BCUT2D eigenvalue weighted by Crippen LogP contribution is -2.44. The van der Waals surface area contributed by atoms with Crippen molar-refractivity contribution in [2.75, 3.05) is 24.7 Å². The normalized spacial score (nSPS) is 15.6. The van der Waals surface area contributed by atoms with Gasteiger partial charge in [-0.05, 0) is 45.7 Å². The third-order valence-corrected chi connectivity index (χ3v) is 5.99. The van der Waals surface area contributed by atoms with Gasteiger partial charge in [0.15, 0.2) is 5.65 Å². The molecule has 0 spiro atoms. The molecule has 12 heteroatoms. The van der Waals surface area contributed by atoms with E-state index < -0.39 is 15.4 Å². The predicted octanol–water partition coefficient (Wildman–Crippen LogP) is 2.40. The Hall–Kier alpha value is -3.28. The third-order valence-electron chi connectivity index (χ3n) is 5.12. The number of nitrogens with zero attached hydrogens (tertiary/aromatic N) is 6. The van der Waals surface area contributed by atoms with Gasteiger partial charge in [-0.3, -0.25) is 0 Å². The van der Waals surface area contributed by atoms with Crippen molar-refractivity contribution in [2.45, 2.75) is 50.4 Å². The Morgan fingerprint density at radius 3 is 2.36 bits per heavy atom. The largest absolute Gasteiger partial charge is 0.444 e. The van der Waals surface area contributed by atoms with Crippen LogP contribution in [0.4, 0.5) is 10.6 Å². The molecule has 1 N–H and O–H groups in total. The minimum Gasteiger partial charge on any atom is -0.444 e. The molecule has 0 unspecified atom stereocenters. The fourth-order valence-electron chi connectivity index (χ4n) is 3.53. The van der Waals surface area contributed by atoms with E-state index in [1.807, 2.05) is 32.9 Å². The zero-order chi connectivity index (χ0) is 23.8. The van der Waals surface area contributed by atoms with Crippen LogP contribution in [-0.2, 0) is 14.6 Å². The van der Waals surface area contributed by atoms with E-state index in [1.54, 1.807) is 15.6 Å². The maximum Gasteiger partial charge on any atom is 0.410 e. The van der Waals surface area contributed by atoms with Crippen LogP contribution in [-0.4, -0.2) is 75.0 Å². The molecule has 4 rings (SSSR count).